The van der Waals surface area contributed by atoms with E-state index < -0.39 is 0 Å². The topological polar surface area (TPSA) is 69.3 Å². The van der Waals surface area contributed by atoms with Crippen LogP contribution in [0.3, 0.4) is 0 Å². The summed E-state index contributed by atoms with van der Waals surface area (Å²) in [4.78, 5) is 16.8. The molecule has 1 aliphatic rings. The third-order valence-corrected chi connectivity index (χ3v) is 5.52. The van der Waals surface area contributed by atoms with Gasteiger partial charge in [0, 0.05) is 18.0 Å². The van der Waals surface area contributed by atoms with Crippen molar-refractivity contribution in [1.82, 2.24) is 21.3 Å². The Morgan fingerprint density at radius 2 is 1.86 bits per heavy atom. The molecule has 0 bridgehead atoms. The van der Waals surface area contributed by atoms with Crippen LogP contribution in [0.4, 0.5) is 5.69 Å². The summed E-state index contributed by atoms with van der Waals surface area (Å²) in [5.41, 5.74) is 9.92. The largest absolute Gasteiger partial charge is 0.346 e. The van der Waals surface area contributed by atoms with E-state index in [4.69, 9.17) is 23.2 Å². The molecule has 1 aromatic carbocycles. The molecule has 0 atom stereocenters. The molecule has 4 rings (SSSR count). The zero-order valence-corrected chi connectivity index (χ0v) is 16.8. The SMILES string of the molecule is O=C(NCC1=CN(c2ccc(-c3ccc(Cl)nc3)cc2)NN1)c1ccc(Cl)s1. The second-order valence-electron chi connectivity index (χ2n) is 5.96. The van der Waals surface area contributed by atoms with E-state index in [2.05, 4.69) is 21.3 Å². The minimum Gasteiger partial charge on any atom is -0.346 e. The van der Waals surface area contributed by atoms with Gasteiger partial charge in [-0.1, -0.05) is 35.3 Å². The molecule has 3 heterocycles. The number of nitrogens with zero attached hydrogens (tertiary/aromatic N) is 2. The van der Waals surface area contributed by atoms with Gasteiger partial charge in [-0.3, -0.25) is 9.80 Å². The van der Waals surface area contributed by atoms with E-state index >= 15 is 0 Å². The molecule has 1 amide bonds. The predicted molar refractivity (Wildman–Crippen MR) is 113 cm³/mol. The van der Waals surface area contributed by atoms with Gasteiger partial charge in [0.1, 0.15) is 5.15 Å². The number of rotatable bonds is 5. The van der Waals surface area contributed by atoms with Crippen molar-refractivity contribution in [3.8, 4) is 11.1 Å². The predicted octanol–water partition coefficient (Wildman–Crippen LogP) is 4.22. The lowest BCUT2D eigenvalue weighted by Gasteiger charge is -2.15. The van der Waals surface area contributed by atoms with Crippen molar-refractivity contribution < 1.29 is 4.79 Å². The number of halogens is 2. The van der Waals surface area contributed by atoms with E-state index in [1.807, 2.05) is 41.5 Å². The second kappa shape index (κ2) is 8.20. The second-order valence-corrected chi connectivity index (χ2v) is 8.07. The standard InChI is InChI=1S/C19H15Cl2N5OS/c20-17-7-3-13(9-22-17)12-1-4-15(5-2-12)26-11-14(24-25-26)10-23-19(27)16-6-8-18(21)28-16/h1-9,11,24-25H,10H2,(H,23,27). The Bertz CT molecular complexity index is 1020. The number of pyridine rings is 1. The number of anilines is 1. The van der Waals surface area contributed by atoms with Crippen molar-refractivity contribution in [3.05, 3.63) is 81.0 Å². The zero-order valence-electron chi connectivity index (χ0n) is 14.4. The Morgan fingerprint density at radius 1 is 1.07 bits per heavy atom. The minimum absolute atomic E-state index is 0.154. The average Bonchev–Trinajstić information content (AvgIpc) is 3.36. The summed E-state index contributed by atoms with van der Waals surface area (Å²) in [6.45, 7) is 0.367. The number of thiophene rings is 1. The molecule has 6 nitrogen and oxygen atoms in total. The first-order chi connectivity index (χ1) is 13.6. The first-order valence-corrected chi connectivity index (χ1v) is 9.93. The van der Waals surface area contributed by atoms with Gasteiger partial charge in [0.05, 0.1) is 27.1 Å². The van der Waals surface area contributed by atoms with Gasteiger partial charge in [0.2, 0.25) is 0 Å². The summed E-state index contributed by atoms with van der Waals surface area (Å²) in [6, 6.07) is 15.1. The fourth-order valence-corrected chi connectivity index (χ4v) is 3.71. The molecule has 0 unspecified atom stereocenters. The summed E-state index contributed by atoms with van der Waals surface area (Å²) in [6.07, 6.45) is 3.63. The van der Waals surface area contributed by atoms with Crippen molar-refractivity contribution in [2.45, 2.75) is 0 Å². The van der Waals surface area contributed by atoms with Crippen molar-refractivity contribution in [2.75, 3.05) is 11.6 Å². The smallest absolute Gasteiger partial charge is 0.261 e. The van der Waals surface area contributed by atoms with Crippen LogP contribution in [0, 0.1) is 0 Å². The fraction of sp³-hybridized carbons (Fsp3) is 0.0526. The summed E-state index contributed by atoms with van der Waals surface area (Å²) in [5.74, 6) is -0.154. The lowest BCUT2D eigenvalue weighted by atomic mass is 10.1. The van der Waals surface area contributed by atoms with Gasteiger partial charge in [-0.15, -0.1) is 16.9 Å². The molecule has 0 fully saturated rings. The third-order valence-electron chi connectivity index (χ3n) is 4.06. The van der Waals surface area contributed by atoms with Crippen LogP contribution in [0.5, 0.6) is 0 Å². The highest BCUT2D eigenvalue weighted by Crippen LogP contribution is 2.24. The maximum Gasteiger partial charge on any atom is 0.261 e. The third kappa shape index (κ3) is 4.28. The van der Waals surface area contributed by atoms with Gasteiger partial charge in [-0.25, -0.2) is 4.98 Å². The van der Waals surface area contributed by atoms with Gasteiger partial charge >= 0.3 is 0 Å². The Kier molecular flexibility index (Phi) is 5.50. The van der Waals surface area contributed by atoms with E-state index in [1.165, 1.54) is 11.3 Å². The molecule has 0 radical (unpaired) electrons. The normalized spacial score (nSPS) is 13.2. The number of hydrogen-bond acceptors (Lipinski definition) is 6. The van der Waals surface area contributed by atoms with Crippen LogP contribution >= 0.6 is 34.5 Å². The molecular weight excluding hydrogens is 417 g/mol. The number of aromatic nitrogens is 1. The lowest BCUT2D eigenvalue weighted by molar-refractivity contribution is 0.0960. The summed E-state index contributed by atoms with van der Waals surface area (Å²) >= 11 is 13.0. The van der Waals surface area contributed by atoms with E-state index in [9.17, 15) is 4.79 Å². The molecule has 0 aliphatic carbocycles. The number of nitrogens with one attached hydrogen (secondary N) is 3. The van der Waals surface area contributed by atoms with Crippen molar-refractivity contribution in [3.63, 3.8) is 0 Å². The van der Waals surface area contributed by atoms with Crippen molar-refractivity contribution in [1.29, 1.82) is 0 Å². The molecule has 0 spiro atoms. The van der Waals surface area contributed by atoms with E-state index in [-0.39, 0.29) is 5.91 Å². The Morgan fingerprint density at radius 3 is 2.54 bits per heavy atom. The molecule has 2 aromatic heterocycles. The maximum absolute atomic E-state index is 12.1. The highest BCUT2D eigenvalue weighted by Gasteiger charge is 2.15. The van der Waals surface area contributed by atoms with Crippen molar-refractivity contribution in [2.24, 2.45) is 0 Å². The van der Waals surface area contributed by atoms with E-state index in [0.717, 1.165) is 22.5 Å². The molecule has 9 heteroatoms. The first kappa shape index (κ1) is 18.8. The Balaban J connectivity index is 1.38. The first-order valence-electron chi connectivity index (χ1n) is 8.35. The number of amides is 1. The molecular formula is C19H15Cl2N5OS. The van der Waals surface area contributed by atoms with Gasteiger partial charge in [-0.05, 0) is 42.0 Å². The minimum atomic E-state index is -0.154. The van der Waals surface area contributed by atoms with Gasteiger partial charge in [-0.2, -0.15) is 0 Å². The van der Waals surface area contributed by atoms with Crippen LogP contribution in [-0.2, 0) is 0 Å². The number of benzene rings is 1. The maximum atomic E-state index is 12.1. The van der Waals surface area contributed by atoms with Crippen molar-refractivity contribution >= 4 is 46.1 Å². The van der Waals surface area contributed by atoms with Gasteiger partial charge in [0.25, 0.3) is 5.91 Å². The molecule has 1 aliphatic heterocycles. The van der Waals surface area contributed by atoms with Crippen LogP contribution in [0.1, 0.15) is 9.67 Å². The summed E-state index contributed by atoms with van der Waals surface area (Å²) in [7, 11) is 0. The number of carbonyl (C=O) groups excluding carboxylic acids is 1. The average molecular weight is 432 g/mol. The van der Waals surface area contributed by atoms with Crippen LogP contribution in [0.15, 0.2) is 66.6 Å². The fourth-order valence-electron chi connectivity index (χ4n) is 2.64. The quantitative estimate of drug-likeness (QED) is 0.527. The molecule has 28 heavy (non-hydrogen) atoms. The molecule has 0 saturated heterocycles. The van der Waals surface area contributed by atoms with Crippen LogP contribution < -0.4 is 21.3 Å². The van der Waals surface area contributed by atoms with Crippen LogP contribution in [0.2, 0.25) is 9.49 Å². The van der Waals surface area contributed by atoms with Crippen LogP contribution in [0.25, 0.3) is 11.1 Å². The number of hydrogen-bond donors (Lipinski definition) is 3. The summed E-state index contributed by atoms with van der Waals surface area (Å²) in [5, 5.41) is 5.17. The van der Waals surface area contributed by atoms with Crippen LogP contribution in [-0.4, -0.2) is 17.4 Å². The lowest BCUT2D eigenvalue weighted by Crippen LogP contribution is -2.38. The van der Waals surface area contributed by atoms with E-state index in [1.54, 1.807) is 24.4 Å². The zero-order chi connectivity index (χ0) is 19.5. The number of hydrazine groups is 2. The van der Waals surface area contributed by atoms with Gasteiger partial charge < -0.3 is 10.7 Å². The Hall–Kier alpha value is -2.58. The van der Waals surface area contributed by atoms with Gasteiger partial charge in [0.15, 0.2) is 0 Å². The summed E-state index contributed by atoms with van der Waals surface area (Å²) < 4.78 is 0.592. The molecule has 3 N–H and O–H groups in total. The monoisotopic (exact) mass is 431 g/mol. The molecule has 3 aromatic rings. The highest BCUT2D eigenvalue weighted by atomic mass is 35.5. The highest BCUT2D eigenvalue weighted by molar-refractivity contribution is 7.18. The number of carbonyl (C=O) groups is 1. The van der Waals surface area contributed by atoms with E-state index in [0.29, 0.717) is 20.9 Å². The molecule has 142 valence electrons. The molecule has 0 saturated carbocycles. The Labute approximate surface area is 175 Å².